The lowest BCUT2D eigenvalue weighted by Gasteiger charge is -2.29. The lowest BCUT2D eigenvalue weighted by atomic mass is 10.0. The second-order valence-corrected chi connectivity index (χ2v) is 11.1. The van der Waals surface area contributed by atoms with Crippen LogP contribution in [0.4, 0.5) is 4.79 Å². The summed E-state index contributed by atoms with van der Waals surface area (Å²) in [4.78, 5) is 55.5. The number of imide groups is 1. The number of likely N-dealkylation sites (tertiary alicyclic amines) is 1. The molecule has 41 heavy (non-hydrogen) atoms. The van der Waals surface area contributed by atoms with Gasteiger partial charge in [0, 0.05) is 19.6 Å². The second kappa shape index (κ2) is 11.4. The molecule has 0 radical (unpaired) electrons. The Morgan fingerprint density at radius 1 is 1.07 bits per heavy atom. The van der Waals surface area contributed by atoms with Crippen molar-refractivity contribution < 1.29 is 33.4 Å². The Morgan fingerprint density at radius 3 is 2.61 bits per heavy atom. The Morgan fingerprint density at radius 2 is 1.88 bits per heavy atom. The lowest BCUT2D eigenvalue weighted by Crippen LogP contribution is -2.50. The van der Waals surface area contributed by atoms with Gasteiger partial charge in [-0.2, -0.15) is 0 Å². The van der Waals surface area contributed by atoms with Gasteiger partial charge in [0.25, 0.3) is 5.91 Å². The van der Waals surface area contributed by atoms with Gasteiger partial charge in [0.15, 0.2) is 11.5 Å². The average molecular weight is 566 g/mol. The number of nitrogens with zero attached hydrogens (tertiary/aromatic N) is 3. The van der Waals surface area contributed by atoms with Gasteiger partial charge in [0.1, 0.15) is 17.8 Å². The lowest BCUT2D eigenvalue weighted by molar-refractivity contribution is -0.133. The molecule has 0 aliphatic carbocycles. The molecule has 12 nitrogen and oxygen atoms in total. The van der Waals surface area contributed by atoms with E-state index < -0.39 is 29.6 Å². The summed E-state index contributed by atoms with van der Waals surface area (Å²) < 4.78 is 17.9. The first-order valence-corrected chi connectivity index (χ1v) is 13.5. The summed E-state index contributed by atoms with van der Waals surface area (Å²) >= 11 is 0. The smallest absolute Gasteiger partial charge is 0.325 e. The molecule has 2 aromatic rings. The first-order chi connectivity index (χ1) is 19.5. The fourth-order valence-electron chi connectivity index (χ4n) is 5.28. The molecule has 4 bridgehead atoms. The zero-order chi connectivity index (χ0) is 29.3. The summed E-state index contributed by atoms with van der Waals surface area (Å²) in [7, 11) is 3.43. The third kappa shape index (κ3) is 6.13. The number of hydrogen-bond acceptors (Lipinski definition) is 8. The van der Waals surface area contributed by atoms with E-state index in [4.69, 9.17) is 14.2 Å². The van der Waals surface area contributed by atoms with Crippen molar-refractivity contribution in [2.45, 2.75) is 44.7 Å². The van der Waals surface area contributed by atoms with Crippen LogP contribution in [0.3, 0.4) is 0 Å². The summed E-state index contributed by atoms with van der Waals surface area (Å²) in [6, 6.07) is 12.1. The van der Waals surface area contributed by atoms with Gasteiger partial charge in [0.05, 0.1) is 32.4 Å². The van der Waals surface area contributed by atoms with Crippen LogP contribution < -0.4 is 20.1 Å². The molecule has 218 valence electrons. The van der Waals surface area contributed by atoms with Crippen LogP contribution in [0, 0.1) is 0 Å². The highest BCUT2D eigenvalue weighted by molar-refractivity contribution is 6.07. The zero-order valence-electron chi connectivity index (χ0n) is 23.6. The molecular weight excluding hydrogens is 530 g/mol. The number of hydrogen-bond donors (Lipinski definition) is 2. The number of rotatable bonds is 3. The first kappa shape index (κ1) is 28.4. The molecule has 2 atom stereocenters. The molecule has 2 N–H and O–H groups in total. The predicted octanol–water partition coefficient (Wildman–Crippen LogP) is 1.48. The number of ether oxygens (including phenoxy) is 3. The number of benzene rings is 2. The Labute approximate surface area is 238 Å². The van der Waals surface area contributed by atoms with Crippen molar-refractivity contribution in [3.05, 3.63) is 53.6 Å². The Balaban J connectivity index is 1.36. The largest absolute Gasteiger partial charge is 0.493 e. The van der Waals surface area contributed by atoms with Gasteiger partial charge in [0.2, 0.25) is 11.8 Å². The minimum atomic E-state index is -1.14. The third-order valence-electron chi connectivity index (χ3n) is 7.64. The molecule has 5 amide bonds. The molecule has 3 heterocycles. The Hall–Kier alpha value is -4.16. The normalized spacial score (nSPS) is 23.0. The molecule has 0 spiro atoms. The van der Waals surface area contributed by atoms with Crippen molar-refractivity contribution >= 4 is 23.8 Å². The minimum absolute atomic E-state index is 0.128. The Bertz CT molecular complexity index is 1360. The number of carbonyl (C=O) groups excluding carboxylic acids is 4. The quantitative estimate of drug-likeness (QED) is 0.536. The van der Waals surface area contributed by atoms with Gasteiger partial charge < -0.3 is 29.3 Å². The van der Waals surface area contributed by atoms with Gasteiger partial charge in [-0.1, -0.05) is 18.2 Å². The maximum atomic E-state index is 13.3. The highest BCUT2D eigenvalue weighted by Gasteiger charge is 2.47. The molecule has 0 unspecified atom stereocenters. The topological polar surface area (TPSA) is 130 Å². The van der Waals surface area contributed by atoms with Crippen molar-refractivity contribution in [1.29, 1.82) is 0 Å². The molecule has 12 heteroatoms. The number of likely N-dealkylation sites (N-methyl/N-ethyl adjacent to an activating group) is 1. The number of amides is 5. The van der Waals surface area contributed by atoms with Gasteiger partial charge in [-0.3, -0.25) is 24.6 Å². The van der Waals surface area contributed by atoms with Gasteiger partial charge >= 0.3 is 6.03 Å². The van der Waals surface area contributed by atoms with Crippen LogP contribution in [0.2, 0.25) is 0 Å². The van der Waals surface area contributed by atoms with Crippen LogP contribution in [-0.2, 0) is 32.3 Å². The third-order valence-corrected chi connectivity index (χ3v) is 7.64. The minimum Gasteiger partial charge on any atom is -0.493 e. The standard InChI is InChI=1S/C29H35N5O7/c1-29(2)27(37)31-28(38)34(29)16-26(36)33-13-21-24(14-33)40-17-19-6-5-7-20(10-19)41-23-11-18(8-9-22(23)39-4)12-32(3)15-25(35)30-21/h5-11,21,24H,12-17H2,1-4H3,(H,30,35)(H,31,37,38)/t21-,24-/m0/s1. The number of methoxy groups -OCH3 is 1. The molecule has 3 aliphatic rings. The molecule has 2 fully saturated rings. The first-order valence-electron chi connectivity index (χ1n) is 13.5. The highest BCUT2D eigenvalue weighted by Crippen LogP contribution is 2.33. The van der Waals surface area contributed by atoms with Gasteiger partial charge in [-0.25, -0.2) is 4.79 Å². The van der Waals surface area contributed by atoms with Gasteiger partial charge in [-0.05, 0) is 56.3 Å². The summed E-state index contributed by atoms with van der Waals surface area (Å²) in [6.07, 6.45) is -0.486. The highest BCUT2D eigenvalue weighted by atomic mass is 16.5. The average Bonchev–Trinajstić information content (AvgIpc) is 3.40. The van der Waals surface area contributed by atoms with E-state index in [0.717, 1.165) is 11.1 Å². The fourth-order valence-corrected chi connectivity index (χ4v) is 5.28. The summed E-state index contributed by atoms with van der Waals surface area (Å²) in [6.45, 7) is 4.22. The second-order valence-electron chi connectivity index (χ2n) is 11.1. The molecule has 2 aromatic carbocycles. The van der Waals surface area contributed by atoms with Crippen LogP contribution in [0.1, 0.15) is 25.0 Å². The van der Waals surface area contributed by atoms with E-state index in [1.165, 1.54) is 4.90 Å². The van der Waals surface area contributed by atoms with E-state index >= 15 is 0 Å². The Kier molecular flexibility index (Phi) is 7.87. The van der Waals surface area contributed by atoms with Crippen LogP contribution >= 0.6 is 0 Å². The van der Waals surface area contributed by atoms with E-state index in [0.29, 0.717) is 23.8 Å². The van der Waals surface area contributed by atoms with Crippen molar-refractivity contribution in [2.24, 2.45) is 0 Å². The molecule has 5 rings (SSSR count). The van der Waals surface area contributed by atoms with Crippen LogP contribution in [0.5, 0.6) is 17.2 Å². The van der Waals surface area contributed by atoms with Crippen molar-refractivity contribution in [3.8, 4) is 17.2 Å². The predicted molar refractivity (Wildman–Crippen MR) is 147 cm³/mol. The fraction of sp³-hybridized carbons (Fsp3) is 0.448. The number of nitrogens with one attached hydrogen (secondary N) is 2. The maximum Gasteiger partial charge on any atom is 0.325 e. The summed E-state index contributed by atoms with van der Waals surface area (Å²) in [5.41, 5.74) is 0.666. The summed E-state index contributed by atoms with van der Waals surface area (Å²) in [5, 5.41) is 5.30. The van der Waals surface area contributed by atoms with Crippen molar-refractivity contribution in [1.82, 2.24) is 25.3 Å². The van der Waals surface area contributed by atoms with Gasteiger partial charge in [-0.15, -0.1) is 0 Å². The zero-order valence-corrected chi connectivity index (χ0v) is 23.6. The van der Waals surface area contributed by atoms with Crippen LogP contribution in [0.15, 0.2) is 42.5 Å². The number of urea groups is 1. The van der Waals surface area contributed by atoms with Crippen LogP contribution in [-0.4, -0.2) is 96.5 Å². The van der Waals surface area contributed by atoms with Crippen LogP contribution in [0.25, 0.3) is 0 Å². The molecule has 3 aliphatic heterocycles. The van der Waals surface area contributed by atoms with E-state index in [9.17, 15) is 19.2 Å². The van der Waals surface area contributed by atoms with E-state index in [2.05, 4.69) is 10.6 Å². The SMILES string of the molecule is COc1ccc2cc1Oc1cccc(c1)CO[C@H]1CN(C(=O)CN3C(=O)NC(=O)C3(C)C)C[C@@H]1NC(=O)CN(C)C2. The molecule has 0 saturated carbocycles. The maximum absolute atomic E-state index is 13.3. The number of carbonyl (C=O) groups is 4. The molecule has 2 saturated heterocycles. The molecule has 0 aromatic heterocycles. The van der Waals surface area contributed by atoms with Crippen molar-refractivity contribution in [3.63, 3.8) is 0 Å². The summed E-state index contributed by atoms with van der Waals surface area (Å²) in [5.74, 6) is 0.789. The van der Waals surface area contributed by atoms with E-state index in [1.807, 2.05) is 54.4 Å². The number of fused-ring (bicyclic) bond motifs is 5. The van der Waals surface area contributed by atoms with E-state index in [1.54, 1.807) is 25.9 Å². The van der Waals surface area contributed by atoms with E-state index in [-0.39, 0.29) is 44.6 Å². The van der Waals surface area contributed by atoms with Crippen molar-refractivity contribution in [2.75, 3.05) is 40.3 Å². The molecular formula is C29H35N5O7. The monoisotopic (exact) mass is 565 g/mol.